The van der Waals surface area contributed by atoms with Gasteiger partial charge < -0.3 is 0 Å². The molecule has 0 saturated carbocycles. The van der Waals surface area contributed by atoms with Crippen LogP contribution in [0, 0.1) is 5.92 Å². The van der Waals surface area contributed by atoms with Crippen molar-refractivity contribution in [2.24, 2.45) is 10.9 Å². The molecule has 0 spiro atoms. The number of nitrogens with zero attached hydrogens (tertiary/aromatic N) is 1. The van der Waals surface area contributed by atoms with Crippen molar-refractivity contribution in [3.05, 3.63) is 12.2 Å². The summed E-state index contributed by atoms with van der Waals surface area (Å²) in [5.74, 6) is 0.643. The van der Waals surface area contributed by atoms with Crippen LogP contribution < -0.4 is 0 Å². The Bertz CT molecular complexity index is 147. The van der Waals surface area contributed by atoms with E-state index in [4.69, 9.17) is 0 Å². The van der Waals surface area contributed by atoms with E-state index in [1.54, 1.807) is 0 Å². The standard InChI is InChI=1S/C9H15N/c1-3-5-9-8(2)6-4-7-10-9/h4,6-9H,3,5H2,1-2H3. The molecule has 0 aromatic rings. The Morgan fingerprint density at radius 2 is 2.30 bits per heavy atom. The largest absolute Gasteiger partial charge is 0.289 e. The van der Waals surface area contributed by atoms with Crippen LogP contribution in [0.25, 0.3) is 0 Å². The van der Waals surface area contributed by atoms with Crippen molar-refractivity contribution in [2.75, 3.05) is 0 Å². The molecule has 0 aromatic carbocycles. The molecule has 0 amide bonds. The highest BCUT2D eigenvalue weighted by atomic mass is 14.8. The number of allylic oxidation sites excluding steroid dienone is 1. The van der Waals surface area contributed by atoms with Gasteiger partial charge in [0.25, 0.3) is 0 Å². The van der Waals surface area contributed by atoms with Crippen molar-refractivity contribution < 1.29 is 0 Å². The van der Waals surface area contributed by atoms with E-state index >= 15 is 0 Å². The highest BCUT2D eigenvalue weighted by Gasteiger charge is 2.12. The average molecular weight is 137 g/mol. The summed E-state index contributed by atoms with van der Waals surface area (Å²) >= 11 is 0. The minimum absolute atomic E-state index is 0.551. The first-order valence-corrected chi connectivity index (χ1v) is 4.04. The zero-order valence-electron chi connectivity index (χ0n) is 6.75. The van der Waals surface area contributed by atoms with Gasteiger partial charge in [0.05, 0.1) is 6.04 Å². The molecule has 0 bridgehead atoms. The van der Waals surface area contributed by atoms with Gasteiger partial charge in [0.1, 0.15) is 0 Å². The normalized spacial score (nSPS) is 31.0. The first-order valence-electron chi connectivity index (χ1n) is 4.04. The number of hydrogen-bond donors (Lipinski definition) is 0. The van der Waals surface area contributed by atoms with Crippen molar-refractivity contribution >= 4 is 6.21 Å². The Kier molecular flexibility index (Phi) is 2.67. The minimum atomic E-state index is 0.551. The van der Waals surface area contributed by atoms with Crippen molar-refractivity contribution in [3.8, 4) is 0 Å². The van der Waals surface area contributed by atoms with E-state index < -0.39 is 0 Å². The second-order valence-electron chi connectivity index (χ2n) is 2.90. The van der Waals surface area contributed by atoms with Crippen molar-refractivity contribution in [2.45, 2.75) is 32.7 Å². The lowest BCUT2D eigenvalue weighted by molar-refractivity contribution is 0.498. The van der Waals surface area contributed by atoms with Crippen LogP contribution in [0.4, 0.5) is 0 Å². The number of hydrogen-bond acceptors (Lipinski definition) is 1. The third-order valence-corrected chi connectivity index (χ3v) is 1.97. The van der Waals surface area contributed by atoms with Gasteiger partial charge in [-0.15, -0.1) is 0 Å². The van der Waals surface area contributed by atoms with Crippen LogP contribution in [0.5, 0.6) is 0 Å². The highest BCUT2D eigenvalue weighted by Crippen LogP contribution is 2.16. The third kappa shape index (κ3) is 1.69. The van der Waals surface area contributed by atoms with Crippen LogP contribution in [0.3, 0.4) is 0 Å². The monoisotopic (exact) mass is 137 g/mol. The van der Waals surface area contributed by atoms with Crippen LogP contribution in [0.2, 0.25) is 0 Å². The topological polar surface area (TPSA) is 12.4 Å². The van der Waals surface area contributed by atoms with Gasteiger partial charge in [0.2, 0.25) is 0 Å². The second kappa shape index (κ2) is 3.55. The van der Waals surface area contributed by atoms with E-state index in [0.717, 1.165) is 0 Å². The zero-order chi connectivity index (χ0) is 7.40. The summed E-state index contributed by atoms with van der Waals surface area (Å²) in [7, 11) is 0. The van der Waals surface area contributed by atoms with Crippen LogP contribution in [-0.4, -0.2) is 12.3 Å². The quantitative estimate of drug-likeness (QED) is 0.554. The lowest BCUT2D eigenvalue weighted by Gasteiger charge is -2.18. The molecule has 0 fully saturated rings. The Balaban J connectivity index is 2.44. The third-order valence-electron chi connectivity index (χ3n) is 1.97. The summed E-state index contributed by atoms with van der Waals surface area (Å²) in [4.78, 5) is 4.39. The fourth-order valence-electron chi connectivity index (χ4n) is 1.28. The predicted octanol–water partition coefficient (Wildman–Crippen LogP) is 2.43. The van der Waals surface area contributed by atoms with E-state index in [-0.39, 0.29) is 0 Å². The Hall–Kier alpha value is -0.590. The molecule has 2 atom stereocenters. The minimum Gasteiger partial charge on any atom is -0.289 e. The lowest BCUT2D eigenvalue weighted by Crippen LogP contribution is -2.15. The summed E-state index contributed by atoms with van der Waals surface area (Å²) in [6, 6.07) is 0.551. The van der Waals surface area contributed by atoms with Gasteiger partial charge in [-0.2, -0.15) is 0 Å². The fraction of sp³-hybridized carbons (Fsp3) is 0.667. The van der Waals surface area contributed by atoms with Gasteiger partial charge in [-0.3, -0.25) is 4.99 Å². The van der Waals surface area contributed by atoms with E-state index in [2.05, 4.69) is 24.9 Å². The van der Waals surface area contributed by atoms with Crippen LogP contribution in [0.1, 0.15) is 26.7 Å². The van der Waals surface area contributed by atoms with Gasteiger partial charge in [-0.25, -0.2) is 0 Å². The molecule has 1 rings (SSSR count). The summed E-state index contributed by atoms with van der Waals surface area (Å²) < 4.78 is 0. The maximum absolute atomic E-state index is 4.39. The first-order chi connectivity index (χ1) is 4.84. The van der Waals surface area contributed by atoms with Crippen LogP contribution in [-0.2, 0) is 0 Å². The molecule has 0 N–H and O–H groups in total. The summed E-state index contributed by atoms with van der Waals surface area (Å²) in [5, 5.41) is 0. The predicted molar refractivity (Wildman–Crippen MR) is 45.5 cm³/mol. The summed E-state index contributed by atoms with van der Waals surface area (Å²) in [6.07, 6.45) is 8.65. The SMILES string of the molecule is CCCC1N=CC=CC1C. The molecule has 0 aromatic heterocycles. The molecule has 2 unspecified atom stereocenters. The molecule has 0 aliphatic carbocycles. The molecular weight excluding hydrogens is 122 g/mol. The summed E-state index contributed by atoms with van der Waals surface area (Å²) in [5.41, 5.74) is 0. The van der Waals surface area contributed by atoms with Gasteiger partial charge in [-0.1, -0.05) is 26.3 Å². The van der Waals surface area contributed by atoms with Crippen LogP contribution in [0.15, 0.2) is 17.1 Å². The van der Waals surface area contributed by atoms with Gasteiger partial charge in [-0.05, 0) is 18.4 Å². The lowest BCUT2D eigenvalue weighted by atomic mass is 9.96. The van der Waals surface area contributed by atoms with Crippen molar-refractivity contribution in [1.82, 2.24) is 0 Å². The molecule has 1 heterocycles. The first kappa shape index (κ1) is 7.52. The second-order valence-corrected chi connectivity index (χ2v) is 2.90. The molecular formula is C9H15N. The van der Waals surface area contributed by atoms with Crippen molar-refractivity contribution in [3.63, 3.8) is 0 Å². The maximum atomic E-state index is 4.39. The van der Waals surface area contributed by atoms with E-state index in [1.165, 1.54) is 12.8 Å². The molecule has 56 valence electrons. The maximum Gasteiger partial charge on any atom is 0.0559 e. The number of rotatable bonds is 2. The van der Waals surface area contributed by atoms with Crippen molar-refractivity contribution in [1.29, 1.82) is 0 Å². The fourth-order valence-corrected chi connectivity index (χ4v) is 1.28. The smallest absolute Gasteiger partial charge is 0.0559 e. The van der Waals surface area contributed by atoms with E-state index in [1.807, 2.05) is 12.3 Å². The average Bonchev–Trinajstić information content (AvgIpc) is 1.94. The number of dihydropyridines is 1. The molecule has 1 aliphatic heterocycles. The molecule has 10 heavy (non-hydrogen) atoms. The molecule has 1 aliphatic rings. The van der Waals surface area contributed by atoms with Gasteiger partial charge in [0.15, 0.2) is 0 Å². The zero-order valence-corrected chi connectivity index (χ0v) is 6.75. The van der Waals surface area contributed by atoms with Crippen LogP contribution >= 0.6 is 0 Å². The van der Waals surface area contributed by atoms with Gasteiger partial charge in [0, 0.05) is 6.21 Å². The van der Waals surface area contributed by atoms with E-state index in [9.17, 15) is 0 Å². The van der Waals surface area contributed by atoms with Gasteiger partial charge >= 0.3 is 0 Å². The summed E-state index contributed by atoms with van der Waals surface area (Å²) in [6.45, 7) is 4.44. The number of aliphatic imine (C=N–C) groups is 1. The van der Waals surface area contributed by atoms with E-state index in [0.29, 0.717) is 12.0 Å². The molecule has 0 radical (unpaired) electrons. The molecule has 1 nitrogen and oxygen atoms in total. The molecule has 0 saturated heterocycles. The Labute approximate surface area is 62.9 Å². The highest BCUT2D eigenvalue weighted by molar-refractivity contribution is 5.72. The molecule has 1 heteroatoms. The Morgan fingerprint density at radius 1 is 1.50 bits per heavy atom. The Morgan fingerprint density at radius 3 is 2.90 bits per heavy atom.